The minimum Gasteiger partial charge on any atom is -0.518 e. The van der Waals surface area contributed by atoms with E-state index < -0.39 is 14.4 Å². The summed E-state index contributed by atoms with van der Waals surface area (Å²) in [5.41, 5.74) is 5.60. The van der Waals surface area contributed by atoms with E-state index in [4.69, 9.17) is 8.84 Å². The number of aliphatic hydroxyl groups excluding tert-OH is 1. The van der Waals surface area contributed by atoms with Crippen LogP contribution in [0.3, 0.4) is 0 Å². The van der Waals surface area contributed by atoms with Crippen molar-refractivity contribution >= 4 is 8.32 Å². The van der Waals surface area contributed by atoms with Gasteiger partial charge in [-0.05, 0) is 91.2 Å². The van der Waals surface area contributed by atoms with Crippen molar-refractivity contribution in [3.8, 4) is 5.95 Å². The molecule has 216 valence electrons. The van der Waals surface area contributed by atoms with Gasteiger partial charge in [-0.1, -0.05) is 86.0 Å². The molecule has 0 spiro atoms. The molecule has 0 saturated heterocycles. The zero-order chi connectivity index (χ0) is 28.5. The second-order valence-corrected chi connectivity index (χ2v) is 19.8. The highest BCUT2D eigenvalue weighted by molar-refractivity contribution is 6.78. The minimum absolute atomic E-state index is 0.0597. The van der Waals surface area contributed by atoms with E-state index in [1.807, 2.05) is 6.07 Å². The predicted octanol–water partition coefficient (Wildman–Crippen LogP) is 10.8. The molecule has 2 aliphatic carbocycles. The molecule has 1 aromatic heterocycles. The van der Waals surface area contributed by atoms with Crippen molar-refractivity contribution in [2.75, 3.05) is 0 Å². The number of fused-ring (bicyclic) bond motifs is 1. The molecule has 38 heavy (non-hydrogen) atoms. The quantitative estimate of drug-likeness (QED) is 0.211. The fourth-order valence-electron chi connectivity index (χ4n) is 8.42. The Bertz CT molecular complexity index is 950. The molecule has 2 aliphatic rings. The molecule has 5 atom stereocenters. The Hall–Kier alpha value is -1.26. The third-order valence-corrected chi connectivity index (χ3v) is 16.8. The molecule has 0 bridgehead atoms. The molecule has 0 amide bonds. The first-order valence-electron chi connectivity index (χ1n) is 15.5. The fraction of sp³-hybridized carbons (Fsp3) is 0.765. The minimum atomic E-state index is -2.10. The SMILES string of the molecule is C=C(C)CCC[C@@]1(C)CCC[C@H]2C1=CC[C@H](C)[C@]2(C)C[C@H](O)c1coc(O[Si](C(C)C)(C(C)C)C(C)C)c1. The highest BCUT2D eigenvalue weighted by Gasteiger charge is 2.50. The predicted molar refractivity (Wildman–Crippen MR) is 164 cm³/mol. The van der Waals surface area contributed by atoms with Crippen LogP contribution in [0, 0.1) is 22.7 Å². The fourth-order valence-corrected chi connectivity index (χ4v) is 13.6. The third kappa shape index (κ3) is 6.07. The molecule has 0 radical (unpaired) electrons. The van der Waals surface area contributed by atoms with E-state index >= 15 is 0 Å². The van der Waals surface area contributed by atoms with Gasteiger partial charge in [0.1, 0.15) is 6.26 Å². The number of furan rings is 1. The summed E-state index contributed by atoms with van der Waals surface area (Å²) in [5, 5.41) is 11.6. The normalized spacial score (nSPS) is 28.9. The van der Waals surface area contributed by atoms with Crippen LogP contribution in [0.2, 0.25) is 16.6 Å². The van der Waals surface area contributed by atoms with Crippen LogP contribution in [0.5, 0.6) is 5.95 Å². The highest BCUT2D eigenvalue weighted by Crippen LogP contribution is 2.60. The maximum atomic E-state index is 11.6. The Morgan fingerprint density at radius 3 is 2.37 bits per heavy atom. The Balaban J connectivity index is 1.80. The van der Waals surface area contributed by atoms with Crippen LogP contribution in [-0.2, 0) is 0 Å². The molecule has 3 nitrogen and oxygen atoms in total. The summed E-state index contributed by atoms with van der Waals surface area (Å²) < 4.78 is 12.7. The van der Waals surface area contributed by atoms with Gasteiger partial charge in [-0.25, -0.2) is 0 Å². The average molecular weight is 543 g/mol. The Morgan fingerprint density at radius 2 is 1.79 bits per heavy atom. The van der Waals surface area contributed by atoms with Crippen molar-refractivity contribution in [3.05, 3.63) is 41.7 Å². The van der Waals surface area contributed by atoms with Gasteiger partial charge in [0.2, 0.25) is 0 Å². The van der Waals surface area contributed by atoms with Crippen LogP contribution in [0.1, 0.15) is 132 Å². The lowest BCUT2D eigenvalue weighted by atomic mass is 9.50. The largest absolute Gasteiger partial charge is 0.518 e. The topological polar surface area (TPSA) is 42.6 Å². The van der Waals surface area contributed by atoms with Gasteiger partial charge in [0.05, 0.1) is 6.10 Å². The Morgan fingerprint density at radius 1 is 1.16 bits per heavy atom. The van der Waals surface area contributed by atoms with Crippen LogP contribution in [-0.4, -0.2) is 13.4 Å². The standard InChI is InChI=1S/C34H58O3Si/c1-23(2)14-12-18-33(10)19-13-15-30-29(33)17-16-27(9)34(30,11)21-31(35)28-20-32(36-22-28)37-38(24(3)4,25(5)6)26(7)8/h17,20,22,24-27,30-31,35H,1,12-16,18-19,21H2,2-11H3/t27-,30-,31-,33-,34-/m0/s1. The van der Waals surface area contributed by atoms with E-state index in [0.29, 0.717) is 34.4 Å². The smallest absolute Gasteiger partial charge is 0.270 e. The third-order valence-electron chi connectivity index (χ3n) is 10.8. The molecule has 4 heteroatoms. The summed E-state index contributed by atoms with van der Waals surface area (Å²) in [5.74, 6) is 1.66. The van der Waals surface area contributed by atoms with Crippen molar-refractivity contribution in [3.63, 3.8) is 0 Å². The van der Waals surface area contributed by atoms with Gasteiger partial charge >= 0.3 is 0 Å². The highest BCUT2D eigenvalue weighted by atomic mass is 28.4. The average Bonchev–Trinajstić information content (AvgIpc) is 3.28. The summed E-state index contributed by atoms with van der Waals surface area (Å²) in [7, 11) is -2.10. The summed E-state index contributed by atoms with van der Waals surface area (Å²) in [4.78, 5) is 0. The van der Waals surface area contributed by atoms with Gasteiger partial charge in [-0.2, -0.15) is 0 Å². The first kappa shape index (κ1) is 31.3. The van der Waals surface area contributed by atoms with E-state index in [1.165, 1.54) is 37.7 Å². The van der Waals surface area contributed by atoms with Gasteiger partial charge in [0, 0.05) is 11.6 Å². The lowest BCUT2D eigenvalue weighted by Gasteiger charge is -2.54. The van der Waals surface area contributed by atoms with Gasteiger partial charge in [-0.3, -0.25) is 0 Å². The van der Waals surface area contributed by atoms with E-state index in [0.717, 1.165) is 24.8 Å². The van der Waals surface area contributed by atoms with Gasteiger partial charge < -0.3 is 13.9 Å². The van der Waals surface area contributed by atoms with Crippen LogP contribution in [0.4, 0.5) is 0 Å². The molecule has 1 fully saturated rings. The number of hydrogen-bond acceptors (Lipinski definition) is 3. The second-order valence-electron chi connectivity index (χ2n) is 14.5. The van der Waals surface area contributed by atoms with E-state index in [2.05, 4.69) is 81.9 Å². The summed E-state index contributed by atoms with van der Waals surface area (Å²) in [6.45, 7) is 27.4. The molecule has 1 heterocycles. The van der Waals surface area contributed by atoms with Crippen molar-refractivity contribution in [2.24, 2.45) is 22.7 Å². The summed E-state index contributed by atoms with van der Waals surface area (Å²) in [6, 6.07) is 1.98. The Kier molecular flexibility index (Phi) is 9.94. The number of rotatable bonds is 12. The summed E-state index contributed by atoms with van der Waals surface area (Å²) in [6.07, 6.45) is 13.0. The maximum absolute atomic E-state index is 11.6. The van der Waals surface area contributed by atoms with Crippen molar-refractivity contribution in [2.45, 2.75) is 143 Å². The van der Waals surface area contributed by atoms with E-state index in [9.17, 15) is 5.11 Å². The van der Waals surface area contributed by atoms with Crippen LogP contribution in [0.15, 0.2) is 40.5 Å². The summed E-state index contributed by atoms with van der Waals surface area (Å²) >= 11 is 0. The van der Waals surface area contributed by atoms with E-state index in [-0.39, 0.29) is 10.8 Å². The van der Waals surface area contributed by atoms with Crippen molar-refractivity contribution < 1.29 is 13.9 Å². The van der Waals surface area contributed by atoms with Crippen molar-refractivity contribution in [1.29, 1.82) is 0 Å². The first-order valence-corrected chi connectivity index (χ1v) is 17.6. The van der Waals surface area contributed by atoms with Gasteiger partial charge in [0.25, 0.3) is 14.3 Å². The van der Waals surface area contributed by atoms with Crippen molar-refractivity contribution in [1.82, 2.24) is 0 Å². The molecule has 1 aromatic rings. The van der Waals surface area contributed by atoms with Crippen LogP contribution >= 0.6 is 0 Å². The second kappa shape index (κ2) is 12.1. The number of hydrogen-bond donors (Lipinski definition) is 1. The molecule has 1 N–H and O–H groups in total. The Labute approximate surface area is 235 Å². The molecule has 0 unspecified atom stereocenters. The first-order chi connectivity index (χ1) is 17.7. The molecular formula is C34H58O3Si. The monoisotopic (exact) mass is 542 g/mol. The number of allylic oxidation sites excluding steroid dienone is 3. The lowest BCUT2D eigenvalue weighted by Crippen LogP contribution is -2.50. The molecule has 1 saturated carbocycles. The van der Waals surface area contributed by atoms with Crippen LogP contribution < -0.4 is 4.43 Å². The molecule has 0 aromatic carbocycles. The van der Waals surface area contributed by atoms with Gasteiger partial charge in [0.15, 0.2) is 0 Å². The molecule has 3 rings (SSSR count). The van der Waals surface area contributed by atoms with Gasteiger partial charge in [-0.15, -0.1) is 6.58 Å². The van der Waals surface area contributed by atoms with E-state index in [1.54, 1.807) is 11.8 Å². The van der Waals surface area contributed by atoms with Crippen LogP contribution in [0.25, 0.3) is 0 Å². The molecule has 0 aliphatic heterocycles. The lowest BCUT2D eigenvalue weighted by molar-refractivity contribution is 0.00550. The maximum Gasteiger partial charge on any atom is 0.270 e. The number of aliphatic hydroxyl groups is 1. The zero-order valence-electron chi connectivity index (χ0n) is 26.3. The molecular weight excluding hydrogens is 484 g/mol. The zero-order valence-corrected chi connectivity index (χ0v) is 27.3.